The number of nitrogens with one attached hydrogen (secondary N) is 1. The third-order valence-electron chi connectivity index (χ3n) is 4.20. The summed E-state index contributed by atoms with van der Waals surface area (Å²) >= 11 is 0. The molecule has 0 aromatic heterocycles. The zero-order valence-corrected chi connectivity index (χ0v) is 11.7. The van der Waals surface area contributed by atoms with Crippen molar-refractivity contribution in [3.63, 3.8) is 0 Å². The lowest BCUT2D eigenvalue weighted by Crippen LogP contribution is -2.50. The van der Waals surface area contributed by atoms with Gasteiger partial charge in [0.25, 0.3) is 0 Å². The molecule has 2 rings (SSSR count). The molecule has 0 amide bonds. The summed E-state index contributed by atoms with van der Waals surface area (Å²) in [7, 11) is 2.11. The van der Waals surface area contributed by atoms with Gasteiger partial charge < -0.3 is 5.32 Å². The third kappa shape index (κ3) is 3.33. The summed E-state index contributed by atoms with van der Waals surface area (Å²) in [6, 6.07) is 12.2. The van der Waals surface area contributed by atoms with E-state index in [-0.39, 0.29) is 0 Å². The molecule has 0 unspecified atom stereocenters. The minimum atomic E-state index is 0.669. The zero-order chi connectivity index (χ0) is 12.8. The van der Waals surface area contributed by atoms with E-state index in [4.69, 9.17) is 0 Å². The van der Waals surface area contributed by atoms with Gasteiger partial charge in [-0.1, -0.05) is 50.1 Å². The Labute approximate surface area is 111 Å². The molecule has 0 spiro atoms. The maximum Gasteiger partial charge on any atom is 0.0252 e. The minimum Gasteiger partial charge on any atom is -0.315 e. The number of rotatable bonds is 5. The van der Waals surface area contributed by atoms with Crippen LogP contribution >= 0.6 is 0 Å². The summed E-state index contributed by atoms with van der Waals surface area (Å²) in [5.74, 6) is 0. The molecule has 1 aliphatic carbocycles. The lowest BCUT2D eigenvalue weighted by atomic mass is 9.89. The fourth-order valence-electron chi connectivity index (χ4n) is 3.17. The summed E-state index contributed by atoms with van der Waals surface area (Å²) in [6.07, 6.45) is 5.43. The van der Waals surface area contributed by atoms with Crippen LogP contribution in [0.4, 0.5) is 0 Å². The Morgan fingerprint density at radius 1 is 1.17 bits per heavy atom. The maximum atomic E-state index is 3.51. The van der Waals surface area contributed by atoms with E-state index in [0.717, 1.165) is 13.1 Å². The van der Waals surface area contributed by atoms with Gasteiger partial charge in [0, 0.05) is 18.6 Å². The largest absolute Gasteiger partial charge is 0.315 e. The molecule has 1 N–H and O–H groups in total. The van der Waals surface area contributed by atoms with Crippen LogP contribution in [0, 0.1) is 0 Å². The summed E-state index contributed by atoms with van der Waals surface area (Å²) < 4.78 is 0. The summed E-state index contributed by atoms with van der Waals surface area (Å²) in [4.78, 5) is 2.63. The number of hydrogen-bond acceptors (Lipinski definition) is 2. The third-order valence-corrected chi connectivity index (χ3v) is 4.20. The first-order valence-electron chi connectivity index (χ1n) is 7.30. The van der Waals surface area contributed by atoms with Gasteiger partial charge in [-0.25, -0.2) is 0 Å². The summed E-state index contributed by atoms with van der Waals surface area (Å²) in [6.45, 7) is 4.50. The van der Waals surface area contributed by atoms with Crippen LogP contribution in [-0.2, 0) is 6.54 Å². The molecule has 100 valence electrons. The first-order valence-corrected chi connectivity index (χ1v) is 7.30. The summed E-state index contributed by atoms with van der Waals surface area (Å²) in [5, 5.41) is 3.51. The molecule has 18 heavy (non-hydrogen) atoms. The molecule has 0 saturated heterocycles. The number of nitrogens with zero attached hydrogens (tertiary/aromatic N) is 1. The van der Waals surface area contributed by atoms with Crippen molar-refractivity contribution >= 4 is 0 Å². The van der Waals surface area contributed by atoms with Crippen molar-refractivity contribution in [2.24, 2.45) is 0 Å². The Balaban J connectivity index is 2.03. The van der Waals surface area contributed by atoms with Crippen molar-refractivity contribution in [3.8, 4) is 0 Å². The maximum absolute atomic E-state index is 3.51. The van der Waals surface area contributed by atoms with E-state index in [2.05, 4.69) is 54.5 Å². The molecule has 2 nitrogen and oxygen atoms in total. The molecule has 0 heterocycles. The van der Waals surface area contributed by atoms with E-state index in [1.54, 1.807) is 0 Å². The lowest BCUT2D eigenvalue weighted by molar-refractivity contribution is 0.124. The van der Waals surface area contributed by atoms with E-state index in [1.165, 1.54) is 31.2 Å². The molecule has 1 aromatic carbocycles. The lowest BCUT2D eigenvalue weighted by Gasteiger charge is -2.39. The van der Waals surface area contributed by atoms with Gasteiger partial charge in [0.2, 0.25) is 0 Å². The highest BCUT2D eigenvalue weighted by Gasteiger charge is 2.28. The van der Waals surface area contributed by atoms with Crippen molar-refractivity contribution < 1.29 is 0 Å². The molecule has 2 heteroatoms. The SMILES string of the molecule is CCN(Cc1ccccc1)[C@H]1CCCC[C@@H]1NC. The highest BCUT2D eigenvalue weighted by atomic mass is 15.2. The minimum absolute atomic E-state index is 0.669. The van der Waals surface area contributed by atoms with Gasteiger partial charge in [0.15, 0.2) is 0 Å². The molecule has 1 fully saturated rings. The van der Waals surface area contributed by atoms with Crippen molar-refractivity contribution in [1.29, 1.82) is 0 Å². The van der Waals surface area contributed by atoms with Gasteiger partial charge in [-0.05, 0) is 32.0 Å². The van der Waals surface area contributed by atoms with Crippen LogP contribution in [0.5, 0.6) is 0 Å². The second-order valence-corrected chi connectivity index (χ2v) is 5.30. The Bertz CT molecular complexity index is 336. The van der Waals surface area contributed by atoms with E-state index in [9.17, 15) is 0 Å². The van der Waals surface area contributed by atoms with Crippen LogP contribution in [0.2, 0.25) is 0 Å². The highest BCUT2D eigenvalue weighted by Crippen LogP contribution is 2.24. The Kier molecular flexibility index (Phi) is 5.21. The molecule has 1 aliphatic rings. The van der Waals surface area contributed by atoms with Crippen LogP contribution in [0.25, 0.3) is 0 Å². The van der Waals surface area contributed by atoms with Gasteiger partial charge in [-0.2, -0.15) is 0 Å². The molecule has 0 aliphatic heterocycles. The quantitative estimate of drug-likeness (QED) is 0.859. The van der Waals surface area contributed by atoms with Gasteiger partial charge in [0.05, 0.1) is 0 Å². The monoisotopic (exact) mass is 246 g/mol. The fraction of sp³-hybridized carbons (Fsp3) is 0.625. The van der Waals surface area contributed by atoms with Crippen LogP contribution < -0.4 is 5.32 Å². The van der Waals surface area contributed by atoms with E-state index in [0.29, 0.717) is 12.1 Å². The number of likely N-dealkylation sites (N-methyl/N-ethyl adjacent to an activating group) is 2. The number of benzene rings is 1. The molecule has 0 radical (unpaired) electrons. The molecular weight excluding hydrogens is 220 g/mol. The van der Waals surface area contributed by atoms with Gasteiger partial charge >= 0.3 is 0 Å². The average molecular weight is 246 g/mol. The standard InChI is InChI=1S/C16H26N2/c1-3-18(13-14-9-5-4-6-10-14)16-12-8-7-11-15(16)17-2/h4-6,9-10,15-17H,3,7-8,11-13H2,1-2H3/t15-,16-/m0/s1. The molecular formula is C16H26N2. The first-order chi connectivity index (χ1) is 8.85. The van der Waals surface area contributed by atoms with Crippen molar-refractivity contribution in [2.45, 2.75) is 51.2 Å². The van der Waals surface area contributed by atoms with E-state index < -0.39 is 0 Å². The van der Waals surface area contributed by atoms with E-state index >= 15 is 0 Å². The molecule has 1 aromatic rings. The molecule has 1 saturated carbocycles. The van der Waals surface area contributed by atoms with Crippen molar-refractivity contribution in [1.82, 2.24) is 10.2 Å². The van der Waals surface area contributed by atoms with Gasteiger partial charge in [-0.3, -0.25) is 4.90 Å². The second kappa shape index (κ2) is 6.91. The van der Waals surface area contributed by atoms with Gasteiger partial charge in [0.1, 0.15) is 0 Å². The first kappa shape index (κ1) is 13.6. The predicted octanol–water partition coefficient (Wildman–Crippen LogP) is 3.04. The zero-order valence-electron chi connectivity index (χ0n) is 11.7. The predicted molar refractivity (Wildman–Crippen MR) is 77.6 cm³/mol. The van der Waals surface area contributed by atoms with Crippen LogP contribution in [0.15, 0.2) is 30.3 Å². The fourth-order valence-corrected chi connectivity index (χ4v) is 3.17. The Morgan fingerprint density at radius 3 is 2.56 bits per heavy atom. The smallest absolute Gasteiger partial charge is 0.0252 e. The van der Waals surface area contributed by atoms with Crippen molar-refractivity contribution in [2.75, 3.05) is 13.6 Å². The van der Waals surface area contributed by atoms with E-state index in [1.807, 2.05) is 0 Å². The number of hydrogen-bond donors (Lipinski definition) is 1. The average Bonchev–Trinajstić information content (AvgIpc) is 2.46. The second-order valence-electron chi connectivity index (χ2n) is 5.30. The molecule has 0 bridgehead atoms. The van der Waals surface area contributed by atoms with Gasteiger partial charge in [-0.15, -0.1) is 0 Å². The van der Waals surface area contributed by atoms with Crippen molar-refractivity contribution in [3.05, 3.63) is 35.9 Å². The van der Waals surface area contributed by atoms with Crippen LogP contribution in [0.3, 0.4) is 0 Å². The summed E-state index contributed by atoms with van der Waals surface area (Å²) in [5.41, 5.74) is 1.43. The normalized spacial score (nSPS) is 24.4. The molecule has 2 atom stereocenters. The topological polar surface area (TPSA) is 15.3 Å². The van der Waals surface area contributed by atoms with Crippen LogP contribution in [-0.4, -0.2) is 30.6 Å². The Morgan fingerprint density at radius 2 is 1.89 bits per heavy atom. The Hall–Kier alpha value is -0.860. The van der Waals surface area contributed by atoms with Crippen LogP contribution in [0.1, 0.15) is 38.2 Å². The highest BCUT2D eigenvalue weighted by molar-refractivity contribution is 5.14.